The van der Waals surface area contributed by atoms with E-state index in [1.54, 1.807) is 45.0 Å². The Kier molecular flexibility index (Phi) is 8.35. The quantitative estimate of drug-likeness (QED) is 0.306. The third-order valence-electron chi connectivity index (χ3n) is 4.95. The van der Waals surface area contributed by atoms with Crippen LogP contribution in [0.15, 0.2) is 24.3 Å². The molecular weight excluding hydrogens is 384 g/mol. The monoisotopic (exact) mass is 414 g/mol. The zero-order chi connectivity index (χ0) is 22.3. The third-order valence-corrected chi connectivity index (χ3v) is 4.95. The maximum absolute atomic E-state index is 12.3. The van der Waals surface area contributed by atoms with Crippen molar-refractivity contribution in [1.82, 2.24) is 4.98 Å². The Balaban J connectivity index is 1.91. The molecule has 0 fully saturated rings. The van der Waals surface area contributed by atoms with E-state index in [-0.39, 0.29) is 17.4 Å². The summed E-state index contributed by atoms with van der Waals surface area (Å²) in [4.78, 5) is 39.5. The van der Waals surface area contributed by atoms with Crippen LogP contribution in [0.1, 0.15) is 83.3 Å². The smallest absolute Gasteiger partial charge is 0.355 e. The summed E-state index contributed by atoms with van der Waals surface area (Å²) in [5.74, 6) is -1.04. The van der Waals surface area contributed by atoms with Gasteiger partial charge in [-0.15, -0.1) is 0 Å². The van der Waals surface area contributed by atoms with Gasteiger partial charge in [0.25, 0.3) is 0 Å². The van der Waals surface area contributed by atoms with Crippen LogP contribution in [-0.2, 0) is 9.53 Å². The van der Waals surface area contributed by atoms with E-state index in [2.05, 4.69) is 17.2 Å². The minimum atomic E-state index is -0.713. The first-order valence-corrected chi connectivity index (χ1v) is 10.2. The Morgan fingerprint density at radius 2 is 1.80 bits per heavy atom. The van der Waals surface area contributed by atoms with Crippen LogP contribution >= 0.6 is 0 Å². The molecule has 1 amide bonds. The van der Waals surface area contributed by atoms with Crippen LogP contribution in [0.3, 0.4) is 0 Å². The van der Waals surface area contributed by atoms with Crippen molar-refractivity contribution in [3.63, 3.8) is 0 Å². The van der Waals surface area contributed by atoms with Crippen LogP contribution in [0.2, 0.25) is 0 Å². The number of amides is 1. The molecule has 162 valence electrons. The molecule has 0 bridgehead atoms. The van der Waals surface area contributed by atoms with Crippen LogP contribution in [0.25, 0.3) is 0 Å². The van der Waals surface area contributed by atoms with Gasteiger partial charge >= 0.3 is 5.97 Å². The molecule has 1 atom stereocenters. The molecule has 7 nitrogen and oxygen atoms in total. The van der Waals surface area contributed by atoms with Crippen molar-refractivity contribution >= 4 is 23.3 Å². The lowest BCUT2D eigenvalue weighted by Crippen LogP contribution is -2.15. The van der Waals surface area contributed by atoms with Crippen LogP contribution in [0.5, 0.6) is 0 Å². The Morgan fingerprint density at radius 1 is 1.13 bits per heavy atom. The molecule has 1 aromatic heterocycles. The lowest BCUT2D eigenvalue weighted by molar-refractivity contribution is -0.116. The number of anilines is 1. The number of carbonyl (C=O) groups excluding carboxylic acids is 3. The molecule has 30 heavy (non-hydrogen) atoms. The number of carbonyl (C=O) groups is 3. The summed E-state index contributed by atoms with van der Waals surface area (Å²) in [5, 5.41) is 12.6. The Morgan fingerprint density at radius 3 is 2.37 bits per heavy atom. The molecule has 0 spiro atoms. The number of aliphatic hydroxyl groups excluding tert-OH is 1. The van der Waals surface area contributed by atoms with E-state index in [0.717, 1.165) is 19.3 Å². The van der Waals surface area contributed by atoms with E-state index in [4.69, 9.17) is 4.74 Å². The molecule has 0 saturated heterocycles. The van der Waals surface area contributed by atoms with Crippen molar-refractivity contribution in [2.45, 2.75) is 59.5 Å². The first kappa shape index (κ1) is 23.3. The van der Waals surface area contributed by atoms with Gasteiger partial charge in [0.15, 0.2) is 12.4 Å². The summed E-state index contributed by atoms with van der Waals surface area (Å²) in [6, 6.07) is 6.49. The van der Waals surface area contributed by atoms with E-state index >= 15 is 0 Å². The van der Waals surface area contributed by atoms with Gasteiger partial charge < -0.3 is 20.1 Å². The van der Waals surface area contributed by atoms with Gasteiger partial charge in [0, 0.05) is 28.9 Å². The minimum Gasteiger partial charge on any atom is -0.453 e. The molecule has 0 aliphatic carbocycles. The third kappa shape index (κ3) is 6.03. The van der Waals surface area contributed by atoms with Crippen LogP contribution in [0.4, 0.5) is 5.69 Å². The zero-order valence-corrected chi connectivity index (χ0v) is 18.0. The second kappa shape index (κ2) is 10.7. The summed E-state index contributed by atoms with van der Waals surface area (Å²) in [5.41, 5.74) is 3.19. The highest BCUT2D eigenvalue weighted by Gasteiger charge is 2.21. The summed E-state index contributed by atoms with van der Waals surface area (Å²) < 4.78 is 5.15. The average molecular weight is 415 g/mol. The van der Waals surface area contributed by atoms with Crippen LogP contribution < -0.4 is 5.32 Å². The number of aromatic nitrogens is 1. The molecule has 1 heterocycles. The van der Waals surface area contributed by atoms with E-state index in [0.29, 0.717) is 34.5 Å². The van der Waals surface area contributed by atoms with E-state index in [1.165, 1.54) is 0 Å². The van der Waals surface area contributed by atoms with Gasteiger partial charge in [-0.05, 0) is 57.0 Å². The molecule has 0 aliphatic heterocycles. The number of H-pyrrole nitrogens is 1. The summed E-state index contributed by atoms with van der Waals surface area (Å²) in [6.07, 6.45) is 2.68. The van der Waals surface area contributed by atoms with Gasteiger partial charge in [-0.2, -0.15) is 0 Å². The maximum atomic E-state index is 12.3. The Labute approximate surface area is 176 Å². The SMILES string of the molecule is CCCCCC(=O)Nc1ccc(C(=O)COC(=O)c2[nH]c(C)c([C@H](C)O)c2C)cc1. The second-order valence-electron chi connectivity index (χ2n) is 7.42. The first-order chi connectivity index (χ1) is 14.2. The number of Topliss-reactive ketones (excluding diaryl/α,β-unsaturated/α-hetero) is 1. The fraction of sp³-hybridized carbons (Fsp3) is 0.435. The number of nitrogens with one attached hydrogen (secondary N) is 2. The van der Waals surface area contributed by atoms with Gasteiger partial charge in [-0.1, -0.05) is 19.8 Å². The standard InChI is InChI=1S/C23H30N2O5/c1-5-6-7-8-20(28)25-18-11-9-17(10-12-18)19(27)13-30-23(29)22-14(2)21(16(4)26)15(3)24-22/h9-12,16,24,26H,5-8,13H2,1-4H3,(H,25,28)/t16-/m0/s1. The molecule has 3 N–H and O–H groups in total. The zero-order valence-electron chi connectivity index (χ0n) is 18.0. The molecule has 7 heteroatoms. The van der Waals surface area contributed by atoms with E-state index < -0.39 is 18.7 Å². The number of aryl methyl sites for hydroxylation is 1. The van der Waals surface area contributed by atoms with E-state index in [9.17, 15) is 19.5 Å². The maximum Gasteiger partial charge on any atom is 0.355 e. The summed E-state index contributed by atoms with van der Waals surface area (Å²) in [7, 11) is 0. The molecule has 0 radical (unpaired) electrons. The average Bonchev–Trinajstić information content (AvgIpc) is 3.01. The fourth-order valence-corrected chi connectivity index (χ4v) is 3.38. The lowest BCUT2D eigenvalue weighted by atomic mass is 10.1. The van der Waals surface area contributed by atoms with Gasteiger partial charge in [0.05, 0.1) is 6.10 Å². The number of unbranched alkanes of at least 4 members (excludes halogenated alkanes) is 2. The molecule has 1 aromatic carbocycles. The number of esters is 1. The second-order valence-corrected chi connectivity index (χ2v) is 7.42. The highest BCUT2D eigenvalue weighted by molar-refractivity contribution is 6.00. The number of ether oxygens (including phenoxy) is 1. The Bertz CT molecular complexity index is 897. The summed E-state index contributed by atoms with van der Waals surface area (Å²) >= 11 is 0. The number of hydrogen-bond donors (Lipinski definition) is 3. The predicted octanol–water partition coefficient (Wildman–Crippen LogP) is 4.24. The fourth-order valence-electron chi connectivity index (χ4n) is 3.38. The number of benzene rings is 1. The van der Waals surface area contributed by atoms with Crippen molar-refractivity contribution in [3.05, 3.63) is 52.3 Å². The molecule has 0 aliphatic rings. The van der Waals surface area contributed by atoms with Crippen LogP contribution in [-0.4, -0.2) is 34.4 Å². The number of hydrogen-bond acceptors (Lipinski definition) is 5. The topological polar surface area (TPSA) is 108 Å². The van der Waals surface area contributed by atoms with Crippen molar-refractivity contribution in [2.24, 2.45) is 0 Å². The van der Waals surface area contributed by atoms with Gasteiger partial charge in [-0.3, -0.25) is 9.59 Å². The van der Waals surface area contributed by atoms with Gasteiger partial charge in [0.2, 0.25) is 5.91 Å². The van der Waals surface area contributed by atoms with Crippen molar-refractivity contribution < 1.29 is 24.2 Å². The highest BCUT2D eigenvalue weighted by atomic mass is 16.5. The predicted molar refractivity (Wildman–Crippen MR) is 115 cm³/mol. The Hall–Kier alpha value is -2.93. The molecule has 0 unspecified atom stereocenters. The van der Waals surface area contributed by atoms with Gasteiger partial charge in [0.1, 0.15) is 5.69 Å². The number of aromatic amines is 1. The lowest BCUT2D eigenvalue weighted by Gasteiger charge is -2.07. The molecule has 2 aromatic rings. The van der Waals surface area contributed by atoms with Crippen molar-refractivity contribution in [2.75, 3.05) is 11.9 Å². The number of ketones is 1. The molecule has 0 saturated carbocycles. The normalized spacial score (nSPS) is 11.8. The van der Waals surface area contributed by atoms with Crippen molar-refractivity contribution in [3.8, 4) is 0 Å². The largest absolute Gasteiger partial charge is 0.453 e. The van der Waals surface area contributed by atoms with E-state index in [1.807, 2.05) is 0 Å². The van der Waals surface area contributed by atoms with Gasteiger partial charge in [-0.25, -0.2) is 4.79 Å². The summed E-state index contributed by atoms with van der Waals surface area (Å²) in [6.45, 7) is 6.79. The van der Waals surface area contributed by atoms with Crippen LogP contribution in [0, 0.1) is 13.8 Å². The first-order valence-electron chi connectivity index (χ1n) is 10.2. The molecular formula is C23H30N2O5. The minimum absolute atomic E-state index is 0.0513. The molecule has 2 rings (SSSR count). The highest BCUT2D eigenvalue weighted by Crippen LogP contribution is 2.25. The number of rotatable bonds is 10. The number of aliphatic hydroxyl groups is 1. The van der Waals surface area contributed by atoms with Crippen molar-refractivity contribution in [1.29, 1.82) is 0 Å².